The summed E-state index contributed by atoms with van der Waals surface area (Å²) in [6, 6.07) is 6.41. The third kappa shape index (κ3) is 4.96. The van der Waals surface area contributed by atoms with Crippen LogP contribution in [-0.4, -0.2) is 5.71 Å². The van der Waals surface area contributed by atoms with E-state index >= 15 is 0 Å². The number of nitrogens with one attached hydrogen (secondary N) is 1. The van der Waals surface area contributed by atoms with Gasteiger partial charge >= 0.3 is 0 Å². The zero-order chi connectivity index (χ0) is 17.4. The summed E-state index contributed by atoms with van der Waals surface area (Å²) in [5.74, 6) is 0. The van der Waals surface area contributed by atoms with Crippen LogP contribution < -0.4 is 5.43 Å². The monoisotopic (exact) mass is 326 g/mol. The van der Waals surface area contributed by atoms with E-state index in [0.717, 1.165) is 12.1 Å². The van der Waals surface area contributed by atoms with Crippen molar-refractivity contribution in [2.24, 2.45) is 5.10 Å². The van der Waals surface area contributed by atoms with Gasteiger partial charge in [0.25, 0.3) is 0 Å². The van der Waals surface area contributed by atoms with Crippen LogP contribution in [0, 0.1) is 6.92 Å². The zero-order valence-electron chi connectivity index (χ0n) is 16.0. The van der Waals surface area contributed by atoms with Crippen LogP contribution in [0.15, 0.2) is 28.9 Å². The highest BCUT2D eigenvalue weighted by Crippen LogP contribution is 2.32. The fourth-order valence-electron chi connectivity index (χ4n) is 3.54. The molecule has 1 aromatic carbocycles. The highest BCUT2D eigenvalue weighted by atomic mass is 15.3. The van der Waals surface area contributed by atoms with E-state index < -0.39 is 0 Å². The van der Waals surface area contributed by atoms with E-state index in [1.54, 1.807) is 0 Å². The van der Waals surface area contributed by atoms with Gasteiger partial charge in [0.1, 0.15) is 0 Å². The van der Waals surface area contributed by atoms with Gasteiger partial charge in [0.15, 0.2) is 0 Å². The van der Waals surface area contributed by atoms with Gasteiger partial charge in [-0.3, -0.25) is 5.43 Å². The predicted octanol–water partition coefficient (Wildman–Crippen LogP) is 7.10. The minimum Gasteiger partial charge on any atom is -0.278 e. The Labute approximate surface area is 148 Å². The molecular weight excluding hydrogens is 292 g/mol. The molecule has 2 rings (SSSR count). The first-order chi connectivity index (χ1) is 11.6. The second-order valence-corrected chi connectivity index (χ2v) is 7.14. The number of benzene rings is 1. The van der Waals surface area contributed by atoms with Crippen molar-refractivity contribution in [3.8, 4) is 0 Å². The lowest BCUT2D eigenvalue weighted by Gasteiger charge is -2.11. The highest BCUT2D eigenvalue weighted by Gasteiger charge is 2.16. The summed E-state index contributed by atoms with van der Waals surface area (Å²) in [6.07, 6.45) is 11.9. The van der Waals surface area contributed by atoms with Gasteiger partial charge in [-0.1, -0.05) is 64.0 Å². The van der Waals surface area contributed by atoms with E-state index in [9.17, 15) is 0 Å². The third-order valence-electron chi connectivity index (χ3n) is 5.22. The molecule has 1 aliphatic heterocycles. The normalized spacial score (nSPS) is 14.1. The molecule has 24 heavy (non-hydrogen) atoms. The summed E-state index contributed by atoms with van der Waals surface area (Å²) in [5.41, 5.74) is 11.0. The Balaban J connectivity index is 1.86. The molecule has 0 atom stereocenters. The molecule has 0 bridgehead atoms. The molecular formula is C22H34N2. The van der Waals surface area contributed by atoms with Crippen molar-refractivity contribution in [2.75, 3.05) is 5.43 Å². The van der Waals surface area contributed by atoms with Crippen LogP contribution in [0.2, 0.25) is 0 Å². The van der Waals surface area contributed by atoms with E-state index in [1.807, 2.05) is 0 Å². The minimum atomic E-state index is 1.08. The van der Waals surface area contributed by atoms with Crippen LogP contribution in [0.3, 0.4) is 0 Å². The van der Waals surface area contributed by atoms with Gasteiger partial charge in [-0.05, 0) is 56.4 Å². The van der Waals surface area contributed by atoms with Crippen molar-refractivity contribution in [2.45, 2.75) is 85.5 Å². The summed E-state index contributed by atoms with van der Waals surface area (Å²) in [4.78, 5) is 0. The van der Waals surface area contributed by atoms with E-state index in [2.05, 4.69) is 51.3 Å². The first kappa shape index (κ1) is 18.8. The molecule has 0 amide bonds. The number of anilines is 1. The van der Waals surface area contributed by atoms with Crippen molar-refractivity contribution >= 4 is 17.0 Å². The second kappa shape index (κ2) is 9.66. The second-order valence-electron chi connectivity index (χ2n) is 7.14. The van der Waals surface area contributed by atoms with Crippen LogP contribution in [-0.2, 0) is 0 Å². The lowest BCUT2D eigenvalue weighted by Crippen LogP contribution is -2.03. The molecule has 132 valence electrons. The highest BCUT2D eigenvalue weighted by molar-refractivity contribution is 6.08. The maximum absolute atomic E-state index is 4.70. The number of hydrogen-bond acceptors (Lipinski definition) is 2. The lowest BCUT2D eigenvalue weighted by atomic mass is 9.93. The summed E-state index contributed by atoms with van der Waals surface area (Å²) < 4.78 is 0. The average Bonchev–Trinajstić information content (AvgIpc) is 2.69. The van der Waals surface area contributed by atoms with E-state index in [-0.39, 0.29) is 0 Å². The zero-order valence-corrected chi connectivity index (χ0v) is 16.0. The summed E-state index contributed by atoms with van der Waals surface area (Å²) in [5, 5.41) is 4.70. The van der Waals surface area contributed by atoms with Crippen molar-refractivity contribution in [1.29, 1.82) is 0 Å². The molecule has 0 radical (unpaired) electrons. The van der Waals surface area contributed by atoms with Crippen LogP contribution >= 0.6 is 0 Å². The fourth-order valence-corrected chi connectivity index (χ4v) is 3.54. The molecule has 0 aliphatic carbocycles. The largest absolute Gasteiger partial charge is 0.278 e. The summed E-state index contributed by atoms with van der Waals surface area (Å²) in [6.45, 7) is 8.92. The molecule has 0 unspecified atom stereocenters. The SMILES string of the molecule is CCCCCCCCCCC1=NNc2cccc(C)c2C(C)=C1C. The van der Waals surface area contributed by atoms with Gasteiger partial charge in [-0.15, -0.1) is 0 Å². The standard InChI is InChI=1S/C22H34N2/c1-5-6-7-8-9-10-11-12-15-20-18(3)19(4)22-17(2)14-13-16-21(22)24-23-20/h13-14,16,24H,5-12,15H2,1-4H3. The Hall–Kier alpha value is -1.57. The first-order valence-corrected chi connectivity index (χ1v) is 9.75. The molecule has 1 aliphatic rings. The molecule has 2 heteroatoms. The molecule has 0 fully saturated rings. The Morgan fingerprint density at radius 1 is 0.833 bits per heavy atom. The van der Waals surface area contributed by atoms with Crippen LogP contribution in [0.25, 0.3) is 5.57 Å². The Bertz CT molecular complexity index is 596. The lowest BCUT2D eigenvalue weighted by molar-refractivity contribution is 0.580. The number of aryl methyl sites for hydroxylation is 1. The predicted molar refractivity (Wildman–Crippen MR) is 108 cm³/mol. The maximum Gasteiger partial charge on any atom is 0.0639 e. The smallest absolute Gasteiger partial charge is 0.0639 e. The third-order valence-corrected chi connectivity index (χ3v) is 5.22. The number of unbranched alkanes of at least 4 members (excludes halogenated alkanes) is 7. The van der Waals surface area contributed by atoms with Gasteiger partial charge in [0.2, 0.25) is 0 Å². The van der Waals surface area contributed by atoms with Crippen LogP contribution in [0.5, 0.6) is 0 Å². The number of fused-ring (bicyclic) bond motifs is 1. The van der Waals surface area contributed by atoms with E-state index in [1.165, 1.54) is 79.4 Å². The number of allylic oxidation sites excluding steroid dienone is 2. The molecule has 0 saturated heterocycles. The first-order valence-electron chi connectivity index (χ1n) is 9.75. The Kier molecular flexibility index (Phi) is 7.55. The molecule has 0 aromatic heterocycles. The topological polar surface area (TPSA) is 24.4 Å². The molecule has 0 spiro atoms. The number of hydrazone groups is 1. The maximum atomic E-state index is 4.70. The average molecular weight is 327 g/mol. The van der Waals surface area contributed by atoms with Gasteiger partial charge in [-0.2, -0.15) is 5.10 Å². The number of rotatable bonds is 9. The van der Waals surface area contributed by atoms with Crippen LogP contribution in [0.1, 0.15) is 89.7 Å². The molecule has 1 N–H and O–H groups in total. The van der Waals surface area contributed by atoms with Gasteiger partial charge in [-0.25, -0.2) is 0 Å². The van der Waals surface area contributed by atoms with Crippen molar-refractivity contribution in [3.05, 3.63) is 34.9 Å². The van der Waals surface area contributed by atoms with Gasteiger partial charge in [0.05, 0.1) is 11.4 Å². The van der Waals surface area contributed by atoms with E-state index in [0.29, 0.717) is 0 Å². The Morgan fingerprint density at radius 2 is 1.50 bits per heavy atom. The fraction of sp³-hybridized carbons (Fsp3) is 0.591. The number of nitrogens with zero attached hydrogens (tertiary/aromatic N) is 1. The van der Waals surface area contributed by atoms with Gasteiger partial charge in [0, 0.05) is 5.56 Å². The molecule has 1 heterocycles. The summed E-state index contributed by atoms with van der Waals surface area (Å²) >= 11 is 0. The number of hydrogen-bond donors (Lipinski definition) is 1. The van der Waals surface area contributed by atoms with E-state index in [4.69, 9.17) is 5.10 Å². The van der Waals surface area contributed by atoms with Crippen molar-refractivity contribution in [3.63, 3.8) is 0 Å². The summed E-state index contributed by atoms with van der Waals surface area (Å²) in [7, 11) is 0. The minimum absolute atomic E-state index is 1.08. The van der Waals surface area contributed by atoms with Crippen molar-refractivity contribution in [1.82, 2.24) is 0 Å². The quantitative estimate of drug-likeness (QED) is 0.481. The Morgan fingerprint density at radius 3 is 2.21 bits per heavy atom. The molecule has 0 saturated carbocycles. The van der Waals surface area contributed by atoms with Gasteiger partial charge < -0.3 is 0 Å². The van der Waals surface area contributed by atoms with Crippen molar-refractivity contribution < 1.29 is 0 Å². The van der Waals surface area contributed by atoms with Crippen LogP contribution in [0.4, 0.5) is 5.69 Å². The molecule has 2 nitrogen and oxygen atoms in total. The molecule has 1 aromatic rings.